The quantitative estimate of drug-likeness (QED) is 0.278. The van der Waals surface area contributed by atoms with Gasteiger partial charge in [0.05, 0.1) is 0 Å². The van der Waals surface area contributed by atoms with Gasteiger partial charge in [0.1, 0.15) is 0 Å². The summed E-state index contributed by atoms with van der Waals surface area (Å²) in [5.74, 6) is 0. The minimum Gasteiger partial charge on any atom is -0.472 e. The summed E-state index contributed by atoms with van der Waals surface area (Å²) < 4.78 is 0. The van der Waals surface area contributed by atoms with Crippen molar-refractivity contribution in [2.45, 2.75) is 0 Å². The van der Waals surface area contributed by atoms with Crippen molar-refractivity contribution >= 4 is 34.5 Å². The van der Waals surface area contributed by atoms with Gasteiger partial charge >= 0.3 is 37.7 Å². The van der Waals surface area contributed by atoms with Crippen LogP contribution < -0.4 is 37.7 Å². The van der Waals surface area contributed by atoms with Gasteiger partial charge in [0.15, 0.2) is 0 Å². The van der Waals surface area contributed by atoms with Crippen LogP contribution in [-0.2, 0) is 0 Å². The molecule has 9 heavy (non-hydrogen) atoms. The summed E-state index contributed by atoms with van der Waals surface area (Å²) in [6, 6.07) is 0. The van der Waals surface area contributed by atoms with E-state index in [2.05, 4.69) is 10.8 Å². The Morgan fingerprint density at radius 1 is 1.00 bits per heavy atom. The molecule has 0 aromatic carbocycles. The molecule has 0 atom stereocenters. The van der Waals surface area contributed by atoms with E-state index in [9.17, 15) is 0 Å². The molecule has 1 rings (SSSR count). The average molecular weight is 165 g/mol. The minimum atomic E-state index is 0. The molecule has 0 radical (unpaired) electrons. The normalized spacial score (nSPS) is 7.33. The molecular formula is C4Cl2Li2S. The van der Waals surface area contributed by atoms with Gasteiger partial charge in [0, 0.05) is 0 Å². The van der Waals surface area contributed by atoms with E-state index in [0.29, 0.717) is 10.0 Å². The molecule has 0 aliphatic carbocycles. The molecule has 0 fully saturated rings. The molecule has 0 saturated heterocycles. The van der Waals surface area contributed by atoms with E-state index in [1.165, 1.54) is 11.3 Å². The molecule has 38 valence electrons. The zero-order chi connectivity index (χ0) is 5.28. The van der Waals surface area contributed by atoms with Crippen molar-refractivity contribution in [2.24, 2.45) is 0 Å². The number of hydrogen-bond donors (Lipinski definition) is 0. The monoisotopic (exact) mass is 164 g/mol. The Labute approximate surface area is 92.3 Å². The second-order valence-corrected chi connectivity index (χ2v) is 2.30. The maximum atomic E-state index is 5.42. The number of halogens is 2. The van der Waals surface area contributed by atoms with Crippen molar-refractivity contribution in [3.05, 3.63) is 20.8 Å². The number of hydrogen-bond acceptors (Lipinski definition) is 1. The molecule has 0 N–H and O–H groups in total. The molecule has 0 unspecified atom stereocenters. The van der Waals surface area contributed by atoms with Gasteiger partial charge in [-0.2, -0.15) is 5.02 Å². The molecule has 0 bridgehead atoms. The van der Waals surface area contributed by atoms with Crippen LogP contribution in [0.3, 0.4) is 0 Å². The van der Waals surface area contributed by atoms with E-state index in [1.54, 1.807) is 0 Å². The van der Waals surface area contributed by atoms with Gasteiger partial charge in [-0.25, -0.2) is 0 Å². The first kappa shape index (κ1) is 13.1. The summed E-state index contributed by atoms with van der Waals surface area (Å²) in [5.41, 5.74) is 0. The van der Waals surface area contributed by atoms with E-state index < -0.39 is 0 Å². The summed E-state index contributed by atoms with van der Waals surface area (Å²) in [6.45, 7) is 0. The molecule has 5 heteroatoms. The van der Waals surface area contributed by atoms with Gasteiger partial charge in [-0.1, -0.05) is 0 Å². The standard InChI is InChI=1S/C4Cl2S.2Li/c5-3-1-7-2-4(3)6;;/q-2;2*+1. The third-order valence-corrected chi connectivity index (χ3v) is 1.97. The summed E-state index contributed by atoms with van der Waals surface area (Å²) >= 11 is 12.1. The maximum Gasteiger partial charge on any atom is 1.00 e. The van der Waals surface area contributed by atoms with Crippen molar-refractivity contribution < 1.29 is 37.7 Å². The average Bonchev–Trinajstić information content (AvgIpc) is 1.91. The molecule has 1 heterocycles. The van der Waals surface area contributed by atoms with Gasteiger partial charge in [-0.15, -0.1) is 11.6 Å². The minimum absolute atomic E-state index is 0. The van der Waals surface area contributed by atoms with Crippen molar-refractivity contribution in [1.29, 1.82) is 0 Å². The summed E-state index contributed by atoms with van der Waals surface area (Å²) in [4.78, 5) is 0. The van der Waals surface area contributed by atoms with Crippen LogP contribution in [-0.4, -0.2) is 0 Å². The van der Waals surface area contributed by atoms with Crippen LogP contribution in [0.15, 0.2) is 0 Å². The first-order valence-electron chi connectivity index (χ1n) is 1.54. The molecule has 0 nitrogen and oxygen atoms in total. The van der Waals surface area contributed by atoms with Gasteiger partial charge < -0.3 is 16.7 Å². The van der Waals surface area contributed by atoms with Crippen molar-refractivity contribution in [3.63, 3.8) is 0 Å². The van der Waals surface area contributed by atoms with Crippen LogP contribution >= 0.6 is 34.5 Å². The van der Waals surface area contributed by atoms with E-state index in [-0.39, 0.29) is 37.7 Å². The van der Waals surface area contributed by atoms with Crippen LogP contribution in [0, 0.1) is 10.8 Å². The summed E-state index contributed by atoms with van der Waals surface area (Å²) in [5, 5.41) is 6.30. The number of thiophene rings is 1. The molecule has 0 saturated carbocycles. The summed E-state index contributed by atoms with van der Waals surface area (Å²) in [6.07, 6.45) is 0. The molecule has 0 spiro atoms. The van der Waals surface area contributed by atoms with Crippen molar-refractivity contribution in [3.8, 4) is 0 Å². The van der Waals surface area contributed by atoms with Crippen molar-refractivity contribution in [1.82, 2.24) is 0 Å². The summed E-state index contributed by atoms with van der Waals surface area (Å²) in [7, 11) is 0. The van der Waals surface area contributed by atoms with E-state index >= 15 is 0 Å². The fourth-order valence-electron chi connectivity index (χ4n) is 0.205. The topological polar surface area (TPSA) is 0 Å². The zero-order valence-corrected chi connectivity index (χ0v) is 7.49. The third kappa shape index (κ3) is 4.02. The Morgan fingerprint density at radius 3 is 1.44 bits per heavy atom. The van der Waals surface area contributed by atoms with Gasteiger partial charge in [0.2, 0.25) is 0 Å². The Morgan fingerprint density at radius 2 is 1.33 bits per heavy atom. The van der Waals surface area contributed by atoms with Gasteiger partial charge in [-0.3, -0.25) is 22.0 Å². The molecule has 0 amide bonds. The van der Waals surface area contributed by atoms with Crippen LogP contribution in [0.4, 0.5) is 0 Å². The first-order chi connectivity index (χ1) is 3.30. The van der Waals surface area contributed by atoms with Gasteiger partial charge in [-0.05, 0) is 0 Å². The molecule has 0 aliphatic rings. The molecule has 1 aromatic heterocycles. The van der Waals surface area contributed by atoms with E-state index in [1.807, 2.05) is 0 Å². The Kier molecular flexibility index (Phi) is 9.02. The molecule has 0 aliphatic heterocycles. The number of rotatable bonds is 0. The van der Waals surface area contributed by atoms with Crippen LogP contribution in [0.5, 0.6) is 0 Å². The second-order valence-electron chi connectivity index (χ2n) is 0.934. The van der Waals surface area contributed by atoms with Gasteiger partial charge in [0.25, 0.3) is 0 Å². The fraction of sp³-hybridized carbons (Fsp3) is 0. The van der Waals surface area contributed by atoms with Crippen LogP contribution in [0.1, 0.15) is 0 Å². The Bertz CT molecular complexity index is 149. The first-order valence-corrected chi connectivity index (χ1v) is 3.11. The molecule has 1 aromatic rings. The maximum absolute atomic E-state index is 5.42. The largest absolute Gasteiger partial charge is 1.00 e. The van der Waals surface area contributed by atoms with Crippen LogP contribution in [0.25, 0.3) is 0 Å². The Hall–Kier alpha value is 1.47. The van der Waals surface area contributed by atoms with Crippen LogP contribution in [0.2, 0.25) is 10.0 Å². The molecular weight excluding hydrogens is 165 g/mol. The Balaban J connectivity index is 0. The zero-order valence-electron chi connectivity index (χ0n) is 5.16. The smallest absolute Gasteiger partial charge is 0.472 e. The van der Waals surface area contributed by atoms with E-state index in [0.717, 1.165) is 0 Å². The third-order valence-electron chi connectivity index (χ3n) is 0.474. The second kappa shape index (κ2) is 6.20. The predicted octanol–water partition coefficient (Wildman–Crippen LogP) is -3.34. The van der Waals surface area contributed by atoms with E-state index in [4.69, 9.17) is 23.2 Å². The predicted molar refractivity (Wildman–Crippen MR) is 32.0 cm³/mol. The SMILES string of the molecule is Clc1[c-]s[c-]c1Cl.[Li+].[Li+]. The van der Waals surface area contributed by atoms with Crippen molar-refractivity contribution in [2.75, 3.05) is 0 Å². The fourth-order valence-corrected chi connectivity index (χ4v) is 1.08.